The lowest BCUT2D eigenvalue weighted by molar-refractivity contribution is -0.140. The third-order valence-corrected chi connectivity index (χ3v) is 5.13. The molecule has 1 fully saturated rings. The van der Waals surface area contributed by atoms with Gasteiger partial charge in [0.2, 0.25) is 5.89 Å². The molecule has 1 amide bonds. The summed E-state index contributed by atoms with van der Waals surface area (Å²) in [5.41, 5.74) is -2.38. The lowest BCUT2D eigenvalue weighted by atomic mass is 9.89. The Balaban J connectivity index is 1.66. The van der Waals surface area contributed by atoms with E-state index in [2.05, 4.69) is 10.3 Å². The van der Waals surface area contributed by atoms with E-state index in [9.17, 15) is 31.9 Å². The number of alkyl halides is 3. The van der Waals surface area contributed by atoms with Crippen molar-refractivity contribution in [3.63, 3.8) is 0 Å². The maximum absolute atomic E-state index is 14.3. The third-order valence-electron chi connectivity index (χ3n) is 5.13. The fourth-order valence-corrected chi connectivity index (χ4v) is 3.31. The number of halogens is 5. The molecule has 0 aliphatic heterocycles. The molecule has 1 heterocycles. The second-order valence-corrected chi connectivity index (χ2v) is 7.15. The first-order chi connectivity index (χ1) is 14.6. The molecule has 31 heavy (non-hydrogen) atoms. The van der Waals surface area contributed by atoms with Crippen molar-refractivity contribution >= 4 is 17.0 Å². The largest absolute Gasteiger partial charge is 0.503 e. The Morgan fingerprint density at radius 1 is 1.23 bits per heavy atom. The average Bonchev–Trinajstić information content (AvgIpc) is 3.10. The van der Waals surface area contributed by atoms with Crippen molar-refractivity contribution in [2.24, 2.45) is 0 Å². The molecule has 1 aromatic heterocycles. The van der Waals surface area contributed by atoms with Gasteiger partial charge in [-0.15, -0.1) is 0 Å². The Morgan fingerprint density at radius 2 is 1.94 bits per heavy atom. The van der Waals surface area contributed by atoms with E-state index in [1.54, 1.807) is 7.11 Å². The number of aromatic hydroxyl groups is 1. The van der Waals surface area contributed by atoms with Gasteiger partial charge in [-0.3, -0.25) is 4.79 Å². The first-order valence-electron chi connectivity index (χ1n) is 9.11. The van der Waals surface area contributed by atoms with E-state index in [0.29, 0.717) is 12.8 Å². The molecule has 0 bridgehead atoms. The molecule has 1 saturated carbocycles. The Morgan fingerprint density at radius 3 is 2.58 bits per heavy atom. The van der Waals surface area contributed by atoms with Crippen LogP contribution >= 0.6 is 0 Å². The predicted molar refractivity (Wildman–Crippen MR) is 97.3 cm³/mol. The standard InChI is InChI=1S/C20H15F5N2O4/c1-30-10-5-9(6-10)26-18(29)8-2-3-14-13(4-8)27-19(31-14)11-7-12(20(23,24)25)16(22)17(28)15(11)21/h2-4,7,9-10,28H,5-6H2,1H3,(H,26,29). The number of amides is 1. The van der Waals surface area contributed by atoms with Gasteiger partial charge in [0.1, 0.15) is 5.52 Å². The molecule has 0 unspecified atom stereocenters. The molecule has 2 N–H and O–H groups in total. The van der Waals surface area contributed by atoms with Gasteiger partial charge in [0, 0.05) is 18.7 Å². The monoisotopic (exact) mass is 442 g/mol. The van der Waals surface area contributed by atoms with Crippen LogP contribution in [0.15, 0.2) is 28.7 Å². The van der Waals surface area contributed by atoms with E-state index in [-0.39, 0.29) is 34.9 Å². The normalized spacial score (nSPS) is 18.8. The number of hydrogen-bond donors (Lipinski definition) is 2. The Hall–Kier alpha value is -3.21. The van der Waals surface area contributed by atoms with Crippen LogP contribution in [-0.2, 0) is 10.9 Å². The van der Waals surface area contributed by atoms with E-state index in [1.165, 1.54) is 18.2 Å². The van der Waals surface area contributed by atoms with Gasteiger partial charge in [-0.25, -0.2) is 13.8 Å². The van der Waals surface area contributed by atoms with Crippen LogP contribution in [0.1, 0.15) is 28.8 Å². The van der Waals surface area contributed by atoms with Gasteiger partial charge < -0.3 is 19.6 Å². The molecule has 3 aromatic rings. The Kier molecular flexibility index (Phi) is 5.08. The number of ether oxygens (including phenoxy) is 1. The summed E-state index contributed by atoms with van der Waals surface area (Å²) in [5, 5.41) is 12.3. The van der Waals surface area contributed by atoms with Crippen molar-refractivity contribution in [2.45, 2.75) is 31.2 Å². The summed E-state index contributed by atoms with van der Waals surface area (Å²) in [7, 11) is 1.58. The van der Waals surface area contributed by atoms with Crippen LogP contribution < -0.4 is 5.32 Å². The second-order valence-electron chi connectivity index (χ2n) is 7.15. The first kappa shape index (κ1) is 21.0. The Labute approximate surface area is 171 Å². The van der Waals surface area contributed by atoms with Crippen LogP contribution in [-0.4, -0.2) is 35.3 Å². The number of phenolic OH excluding ortho intramolecular Hbond substituents is 1. The summed E-state index contributed by atoms with van der Waals surface area (Å²) in [6.07, 6.45) is -3.74. The van der Waals surface area contributed by atoms with Crippen molar-refractivity contribution in [1.82, 2.24) is 10.3 Å². The van der Waals surface area contributed by atoms with Gasteiger partial charge in [0.15, 0.2) is 23.0 Å². The van der Waals surface area contributed by atoms with E-state index in [4.69, 9.17) is 9.15 Å². The Bertz CT molecular complexity index is 1170. The zero-order valence-corrected chi connectivity index (χ0v) is 15.9. The number of carbonyl (C=O) groups excluding carboxylic acids is 1. The number of methoxy groups -OCH3 is 1. The van der Waals surface area contributed by atoms with Crippen LogP contribution in [0.2, 0.25) is 0 Å². The van der Waals surface area contributed by atoms with Gasteiger partial charge in [-0.2, -0.15) is 13.2 Å². The highest BCUT2D eigenvalue weighted by Gasteiger charge is 2.38. The van der Waals surface area contributed by atoms with Gasteiger partial charge in [-0.05, 0) is 37.1 Å². The lowest BCUT2D eigenvalue weighted by Crippen LogP contribution is -2.47. The molecular weight excluding hydrogens is 427 g/mol. The molecule has 2 aromatic carbocycles. The number of rotatable bonds is 4. The molecule has 0 spiro atoms. The molecule has 1 aliphatic carbocycles. The zero-order chi connectivity index (χ0) is 22.5. The van der Waals surface area contributed by atoms with E-state index in [0.717, 1.165) is 0 Å². The number of nitrogens with zero attached hydrogens (tertiary/aromatic N) is 1. The summed E-state index contributed by atoms with van der Waals surface area (Å²) in [4.78, 5) is 16.3. The molecule has 0 radical (unpaired) electrons. The average molecular weight is 442 g/mol. The van der Waals surface area contributed by atoms with Gasteiger partial charge in [0.25, 0.3) is 5.91 Å². The SMILES string of the molecule is COC1CC(NC(=O)c2ccc3oc(-c4cc(C(F)(F)F)c(F)c(O)c4F)nc3c2)C1. The highest BCUT2D eigenvalue weighted by atomic mass is 19.4. The summed E-state index contributed by atoms with van der Waals surface area (Å²) in [6, 6.07) is 4.23. The molecular formula is C20H15F5N2O4. The summed E-state index contributed by atoms with van der Waals surface area (Å²) in [6.45, 7) is 0. The van der Waals surface area contributed by atoms with E-state index >= 15 is 0 Å². The summed E-state index contributed by atoms with van der Waals surface area (Å²) < 4.78 is 77.4. The number of hydrogen-bond acceptors (Lipinski definition) is 5. The molecule has 4 rings (SSSR count). The third kappa shape index (κ3) is 3.80. The van der Waals surface area contributed by atoms with Crippen molar-refractivity contribution in [3.05, 3.63) is 47.0 Å². The van der Waals surface area contributed by atoms with Crippen LogP contribution in [0.3, 0.4) is 0 Å². The minimum Gasteiger partial charge on any atom is -0.503 e. The quantitative estimate of drug-likeness (QED) is 0.585. The van der Waals surface area contributed by atoms with Crippen LogP contribution in [0.5, 0.6) is 5.75 Å². The summed E-state index contributed by atoms with van der Waals surface area (Å²) >= 11 is 0. The van der Waals surface area contributed by atoms with Gasteiger partial charge >= 0.3 is 6.18 Å². The van der Waals surface area contributed by atoms with Crippen LogP contribution in [0.25, 0.3) is 22.6 Å². The molecule has 11 heteroatoms. The molecule has 164 valence electrons. The number of aromatic nitrogens is 1. The van der Waals surface area contributed by atoms with Crippen molar-refractivity contribution in [3.8, 4) is 17.2 Å². The van der Waals surface area contributed by atoms with Crippen molar-refractivity contribution in [1.29, 1.82) is 0 Å². The second kappa shape index (κ2) is 7.49. The smallest absolute Gasteiger partial charge is 0.419 e. The molecule has 0 saturated heterocycles. The molecule has 1 aliphatic rings. The maximum Gasteiger partial charge on any atom is 0.419 e. The van der Waals surface area contributed by atoms with Crippen LogP contribution in [0.4, 0.5) is 22.0 Å². The van der Waals surface area contributed by atoms with Crippen LogP contribution in [0, 0.1) is 11.6 Å². The predicted octanol–water partition coefficient (Wildman–Crippen LogP) is 4.40. The van der Waals surface area contributed by atoms with Crippen molar-refractivity contribution < 1.29 is 41.0 Å². The highest BCUT2D eigenvalue weighted by molar-refractivity contribution is 5.97. The number of carbonyl (C=O) groups is 1. The van der Waals surface area contributed by atoms with E-state index in [1.807, 2.05) is 0 Å². The summed E-state index contributed by atoms with van der Waals surface area (Å²) in [5.74, 6) is -6.56. The maximum atomic E-state index is 14.3. The van der Waals surface area contributed by atoms with Gasteiger partial charge in [0.05, 0.1) is 17.2 Å². The minimum absolute atomic E-state index is 0.0434. The number of phenols is 1. The highest BCUT2D eigenvalue weighted by Crippen LogP contribution is 2.40. The lowest BCUT2D eigenvalue weighted by Gasteiger charge is -2.34. The minimum atomic E-state index is -5.18. The fourth-order valence-electron chi connectivity index (χ4n) is 3.31. The molecule has 0 atom stereocenters. The van der Waals surface area contributed by atoms with Gasteiger partial charge in [-0.1, -0.05) is 0 Å². The number of fused-ring (bicyclic) bond motifs is 1. The number of oxazole rings is 1. The fraction of sp³-hybridized carbons (Fsp3) is 0.300. The molecule has 6 nitrogen and oxygen atoms in total. The topological polar surface area (TPSA) is 84.6 Å². The van der Waals surface area contributed by atoms with Crippen molar-refractivity contribution in [2.75, 3.05) is 7.11 Å². The number of benzene rings is 2. The van der Waals surface area contributed by atoms with E-state index < -0.39 is 46.5 Å². The zero-order valence-electron chi connectivity index (χ0n) is 15.9. The number of nitrogens with one attached hydrogen (secondary N) is 1. The first-order valence-corrected chi connectivity index (χ1v) is 9.11.